The van der Waals surface area contributed by atoms with Crippen LogP contribution in [-0.4, -0.2) is 77.5 Å². The Bertz CT molecular complexity index is 1260. The number of phenols is 1. The number of carbonyl (C=O) groups excluding carboxylic acids is 3. The highest BCUT2D eigenvalue weighted by Gasteiger charge is 2.26. The first-order chi connectivity index (χ1) is 22.2. The summed E-state index contributed by atoms with van der Waals surface area (Å²) in [5, 5.41) is 16.0. The zero-order valence-electron chi connectivity index (χ0n) is 26.6. The number of halogens is 2. The summed E-state index contributed by atoms with van der Waals surface area (Å²) < 4.78 is 1.02. The number of nitrogens with one attached hydrogen (secondary N) is 2. The molecule has 2 heterocycles. The van der Waals surface area contributed by atoms with Crippen molar-refractivity contribution in [3.05, 3.63) is 51.2 Å². The van der Waals surface area contributed by atoms with Gasteiger partial charge in [0.1, 0.15) is 11.8 Å². The molecule has 1 aliphatic heterocycles. The van der Waals surface area contributed by atoms with Gasteiger partial charge in [-0.1, -0.05) is 32.1 Å². The summed E-state index contributed by atoms with van der Waals surface area (Å²) in [5.74, 6) is 0.377. The highest BCUT2D eigenvalue weighted by atomic mass is 79.9. The van der Waals surface area contributed by atoms with Gasteiger partial charge < -0.3 is 31.3 Å². The molecule has 2 fully saturated rings. The van der Waals surface area contributed by atoms with Crippen LogP contribution in [0.4, 0.5) is 5.69 Å². The molecule has 0 unspecified atom stereocenters. The molecule has 1 aliphatic carbocycles. The lowest BCUT2D eigenvalue weighted by Gasteiger charge is -2.37. The second kappa shape index (κ2) is 18.6. The van der Waals surface area contributed by atoms with Gasteiger partial charge in [0.05, 0.1) is 15.0 Å². The Kier molecular flexibility index (Phi) is 14.6. The minimum Gasteiger partial charge on any atom is -0.506 e. The lowest BCUT2D eigenvalue weighted by molar-refractivity contribution is -0.133. The van der Waals surface area contributed by atoms with E-state index in [4.69, 9.17) is 5.73 Å². The van der Waals surface area contributed by atoms with Crippen molar-refractivity contribution in [1.82, 2.24) is 20.5 Å². The highest BCUT2D eigenvalue weighted by Crippen LogP contribution is 2.34. The lowest BCUT2D eigenvalue weighted by Crippen LogP contribution is -2.53. The molecule has 1 aromatic heterocycles. The van der Waals surface area contributed by atoms with E-state index in [9.17, 15) is 19.5 Å². The van der Waals surface area contributed by atoms with Crippen LogP contribution in [0.25, 0.3) is 0 Å². The zero-order valence-corrected chi connectivity index (χ0v) is 29.7. The topological polar surface area (TPSA) is 141 Å². The molecule has 0 radical (unpaired) electrons. The monoisotopic (exact) mass is 762 g/mol. The average molecular weight is 765 g/mol. The number of benzene rings is 1. The van der Waals surface area contributed by atoms with E-state index in [-0.39, 0.29) is 29.9 Å². The normalized spacial score (nSPS) is 16.9. The van der Waals surface area contributed by atoms with Crippen molar-refractivity contribution in [3.8, 4) is 5.75 Å². The van der Waals surface area contributed by atoms with Crippen LogP contribution < -0.4 is 21.3 Å². The first-order valence-electron chi connectivity index (χ1n) is 16.6. The number of nitrogens with two attached hydrogens (primary N) is 1. The van der Waals surface area contributed by atoms with E-state index in [1.807, 2.05) is 17.0 Å². The Hall–Kier alpha value is -2.70. The molecular weight excluding hydrogens is 716 g/mol. The second-order valence-corrected chi connectivity index (χ2v) is 14.2. The smallest absolute Gasteiger partial charge is 0.242 e. The highest BCUT2D eigenvalue weighted by molar-refractivity contribution is 9.11. The molecule has 12 heteroatoms. The number of hydrogen-bond donors (Lipinski definition) is 4. The van der Waals surface area contributed by atoms with Crippen LogP contribution >= 0.6 is 31.9 Å². The summed E-state index contributed by atoms with van der Waals surface area (Å²) in [5.41, 5.74) is 8.18. The number of pyridine rings is 1. The van der Waals surface area contributed by atoms with Gasteiger partial charge in [-0.2, -0.15) is 0 Å². The molecule has 0 bridgehead atoms. The largest absolute Gasteiger partial charge is 0.506 e. The molecule has 252 valence electrons. The molecule has 1 saturated heterocycles. The standard InChI is InChI=1S/C34H48Br2N6O4/c35-27-21-25(22-28(36)32(27)44)23-30(40-31(43)11-6-9-24-7-2-1-3-8-24)33(45)39-14-5-4-10-29(37)34(46)42-19-17-41(18-20-42)26-12-15-38-16-13-26/h12-13,15-16,21-22,24,29-30,44H,1-11,14,17-20,23,37H2,(H,39,45)(H,40,43)/t29-,30+/m0/s1. The van der Waals surface area contributed by atoms with Gasteiger partial charge in [-0.15, -0.1) is 0 Å². The third kappa shape index (κ3) is 11.2. The van der Waals surface area contributed by atoms with Crippen molar-refractivity contribution in [2.24, 2.45) is 11.7 Å². The van der Waals surface area contributed by atoms with E-state index >= 15 is 0 Å². The van der Waals surface area contributed by atoms with Crippen molar-refractivity contribution in [2.75, 3.05) is 37.6 Å². The van der Waals surface area contributed by atoms with Crippen molar-refractivity contribution < 1.29 is 19.5 Å². The van der Waals surface area contributed by atoms with Gasteiger partial charge in [0.2, 0.25) is 17.7 Å². The van der Waals surface area contributed by atoms with E-state index in [2.05, 4.69) is 52.4 Å². The number of anilines is 1. The Morgan fingerprint density at radius 2 is 1.65 bits per heavy atom. The fourth-order valence-corrected chi connectivity index (χ4v) is 7.68. The quantitative estimate of drug-likeness (QED) is 0.186. The van der Waals surface area contributed by atoms with Gasteiger partial charge in [0.15, 0.2) is 0 Å². The molecule has 1 aromatic carbocycles. The number of phenolic OH excluding ortho intramolecular Hbond substituents is 1. The van der Waals surface area contributed by atoms with Crippen LogP contribution in [0, 0.1) is 5.92 Å². The minimum absolute atomic E-state index is 0.0316. The van der Waals surface area contributed by atoms with Crippen LogP contribution in [-0.2, 0) is 20.8 Å². The van der Waals surface area contributed by atoms with Crippen molar-refractivity contribution in [1.29, 1.82) is 0 Å². The number of piperazine rings is 1. The molecular formula is C34H48Br2N6O4. The van der Waals surface area contributed by atoms with Crippen molar-refractivity contribution in [3.63, 3.8) is 0 Å². The maximum Gasteiger partial charge on any atom is 0.242 e. The number of amides is 3. The maximum absolute atomic E-state index is 13.3. The van der Waals surface area contributed by atoms with E-state index in [0.29, 0.717) is 60.2 Å². The van der Waals surface area contributed by atoms with E-state index < -0.39 is 12.1 Å². The molecule has 1 saturated carbocycles. The molecule has 0 spiro atoms. The van der Waals surface area contributed by atoms with E-state index in [1.165, 1.54) is 32.1 Å². The van der Waals surface area contributed by atoms with Gasteiger partial charge in [-0.05, 0) is 99.7 Å². The summed E-state index contributed by atoms with van der Waals surface area (Å²) in [6.45, 7) is 3.19. The van der Waals surface area contributed by atoms with Crippen molar-refractivity contribution >= 4 is 55.3 Å². The summed E-state index contributed by atoms with van der Waals surface area (Å²) in [7, 11) is 0. The molecule has 46 heavy (non-hydrogen) atoms. The van der Waals surface area contributed by atoms with Crippen LogP contribution in [0.5, 0.6) is 5.75 Å². The third-order valence-corrected chi connectivity index (χ3v) is 10.3. The molecule has 2 aromatic rings. The molecule has 5 N–H and O–H groups in total. The van der Waals surface area contributed by atoms with Crippen molar-refractivity contribution in [2.45, 2.75) is 89.1 Å². The predicted octanol–water partition coefficient (Wildman–Crippen LogP) is 5.05. The lowest BCUT2D eigenvalue weighted by atomic mass is 9.86. The SMILES string of the molecule is N[C@@H](CCCCNC(=O)[C@@H](Cc1cc(Br)c(O)c(Br)c1)NC(=O)CCCC1CCCCC1)C(=O)N1CCN(c2ccncc2)CC1. The first kappa shape index (κ1) is 36.1. The van der Waals surface area contributed by atoms with Crippen LogP contribution in [0.3, 0.4) is 0 Å². The fraction of sp³-hybridized carbons (Fsp3) is 0.588. The van der Waals surface area contributed by atoms with Gasteiger partial charge in [-0.25, -0.2) is 0 Å². The average Bonchev–Trinajstić information content (AvgIpc) is 3.07. The first-order valence-corrected chi connectivity index (χ1v) is 18.2. The third-order valence-electron chi connectivity index (χ3n) is 9.09. The zero-order chi connectivity index (χ0) is 32.9. The molecule has 2 atom stereocenters. The number of nitrogens with zero attached hydrogens (tertiary/aromatic N) is 3. The van der Waals surface area contributed by atoms with Crippen LogP contribution in [0.2, 0.25) is 0 Å². The van der Waals surface area contributed by atoms with E-state index in [0.717, 1.165) is 37.2 Å². The van der Waals surface area contributed by atoms with Gasteiger partial charge in [0, 0.05) is 63.6 Å². The number of rotatable bonds is 15. The summed E-state index contributed by atoms with van der Waals surface area (Å²) in [6, 6.07) is 6.14. The van der Waals surface area contributed by atoms with E-state index in [1.54, 1.807) is 24.5 Å². The summed E-state index contributed by atoms with van der Waals surface area (Å²) >= 11 is 6.71. The molecule has 10 nitrogen and oxygen atoms in total. The van der Waals surface area contributed by atoms with Gasteiger partial charge in [-0.3, -0.25) is 19.4 Å². The van der Waals surface area contributed by atoms with Crippen LogP contribution in [0.1, 0.15) is 76.2 Å². The Balaban J connectivity index is 1.20. The Morgan fingerprint density at radius 3 is 2.33 bits per heavy atom. The summed E-state index contributed by atoms with van der Waals surface area (Å²) in [6.07, 6.45) is 14.4. The molecule has 4 rings (SSSR count). The maximum atomic E-state index is 13.3. The minimum atomic E-state index is -0.750. The van der Waals surface area contributed by atoms with Gasteiger partial charge >= 0.3 is 0 Å². The number of hydrogen-bond acceptors (Lipinski definition) is 7. The van der Waals surface area contributed by atoms with Crippen LogP contribution in [0.15, 0.2) is 45.6 Å². The summed E-state index contributed by atoms with van der Waals surface area (Å²) in [4.78, 5) is 47.3. The number of carbonyl (C=O) groups is 3. The number of unbranched alkanes of at least 4 members (excludes halogenated alkanes) is 1. The molecule has 3 amide bonds. The Morgan fingerprint density at radius 1 is 0.978 bits per heavy atom. The van der Waals surface area contributed by atoms with Gasteiger partial charge in [0.25, 0.3) is 0 Å². The number of aromatic nitrogens is 1. The fourth-order valence-electron chi connectivity index (χ4n) is 6.40. The number of aromatic hydroxyl groups is 1. The molecule has 2 aliphatic rings. The Labute approximate surface area is 289 Å². The second-order valence-electron chi connectivity index (χ2n) is 12.5. The predicted molar refractivity (Wildman–Crippen MR) is 187 cm³/mol.